The molecular formula is C16H26N2O4S. The summed E-state index contributed by atoms with van der Waals surface area (Å²) in [5.41, 5.74) is 0.281. The van der Waals surface area contributed by atoms with Gasteiger partial charge in [-0.05, 0) is 51.5 Å². The molecule has 0 bridgehead atoms. The third-order valence-corrected chi connectivity index (χ3v) is 4.74. The second-order valence-corrected chi connectivity index (χ2v) is 8.31. The van der Waals surface area contributed by atoms with Crippen molar-refractivity contribution in [3.8, 4) is 0 Å². The van der Waals surface area contributed by atoms with E-state index >= 15 is 0 Å². The maximum Gasteiger partial charge on any atom is 0.407 e. The van der Waals surface area contributed by atoms with E-state index in [4.69, 9.17) is 4.74 Å². The first-order chi connectivity index (χ1) is 10.6. The zero-order chi connectivity index (χ0) is 17.5. The molecule has 0 aliphatic heterocycles. The first-order valence-electron chi connectivity index (χ1n) is 7.67. The molecule has 0 aliphatic carbocycles. The van der Waals surface area contributed by atoms with Crippen LogP contribution in [0.4, 0.5) is 10.5 Å². The molecule has 6 nitrogen and oxygen atoms in total. The number of alkyl carbamates (subject to hydrolysis) is 1. The molecular weight excluding hydrogens is 316 g/mol. The summed E-state index contributed by atoms with van der Waals surface area (Å²) < 4.78 is 28.9. The molecule has 1 rings (SSSR count). The van der Waals surface area contributed by atoms with Gasteiger partial charge in [0.25, 0.3) is 0 Å². The van der Waals surface area contributed by atoms with E-state index in [1.54, 1.807) is 45.0 Å². The monoisotopic (exact) mass is 342 g/mol. The SMILES string of the molecule is CCCS(=O)(=O)c1ccc(NCCNC(=O)OC(C)(C)C)cc1. The summed E-state index contributed by atoms with van der Waals surface area (Å²) in [5.74, 6) is 0.152. The van der Waals surface area contributed by atoms with Crippen molar-refractivity contribution >= 4 is 21.6 Å². The molecule has 0 spiro atoms. The number of hydrogen-bond acceptors (Lipinski definition) is 5. The second-order valence-electron chi connectivity index (χ2n) is 6.20. The lowest BCUT2D eigenvalue weighted by Crippen LogP contribution is -2.34. The number of benzene rings is 1. The van der Waals surface area contributed by atoms with Crippen molar-refractivity contribution < 1.29 is 17.9 Å². The van der Waals surface area contributed by atoms with Crippen LogP contribution >= 0.6 is 0 Å². The average molecular weight is 342 g/mol. The van der Waals surface area contributed by atoms with Crippen LogP contribution in [0.2, 0.25) is 0 Å². The smallest absolute Gasteiger partial charge is 0.407 e. The van der Waals surface area contributed by atoms with Crippen LogP contribution in [0.15, 0.2) is 29.2 Å². The van der Waals surface area contributed by atoms with E-state index in [1.807, 2.05) is 6.92 Å². The van der Waals surface area contributed by atoms with Gasteiger partial charge in [0, 0.05) is 18.8 Å². The molecule has 23 heavy (non-hydrogen) atoms. The van der Waals surface area contributed by atoms with Crippen molar-refractivity contribution in [2.45, 2.75) is 44.6 Å². The van der Waals surface area contributed by atoms with Crippen LogP contribution in [-0.2, 0) is 14.6 Å². The molecule has 0 atom stereocenters. The van der Waals surface area contributed by atoms with Crippen molar-refractivity contribution in [2.75, 3.05) is 24.2 Å². The van der Waals surface area contributed by atoms with Gasteiger partial charge < -0.3 is 15.4 Å². The van der Waals surface area contributed by atoms with Gasteiger partial charge in [-0.3, -0.25) is 0 Å². The Morgan fingerprint density at radius 1 is 1.13 bits per heavy atom. The number of nitrogens with one attached hydrogen (secondary N) is 2. The summed E-state index contributed by atoms with van der Waals surface area (Å²) >= 11 is 0. The highest BCUT2D eigenvalue weighted by Gasteiger charge is 2.15. The molecule has 0 saturated carbocycles. The average Bonchev–Trinajstić information content (AvgIpc) is 2.42. The van der Waals surface area contributed by atoms with E-state index in [-0.39, 0.29) is 5.75 Å². The molecule has 1 aromatic carbocycles. The number of amides is 1. The maximum atomic E-state index is 11.9. The van der Waals surface area contributed by atoms with Crippen molar-refractivity contribution in [2.24, 2.45) is 0 Å². The molecule has 0 fully saturated rings. The highest BCUT2D eigenvalue weighted by molar-refractivity contribution is 7.91. The first kappa shape index (κ1) is 19.3. The quantitative estimate of drug-likeness (QED) is 0.744. The summed E-state index contributed by atoms with van der Waals surface area (Å²) in [7, 11) is -3.18. The third-order valence-electron chi connectivity index (χ3n) is 2.81. The van der Waals surface area contributed by atoms with Gasteiger partial charge >= 0.3 is 6.09 Å². The van der Waals surface area contributed by atoms with E-state index in [0.29, 0.717) is 24.4 Å². The fourth-order valence-electron chi connectivity index (χ4n) is 1.85. The van der Waals surface area contributed by atoms with Crippen LogP contribution in [0.25, 0.3) is 0 Å². The van der Waals surface area contributed by atoms with Gasteiger partial charge in [0.05, 0.1) is 10.6 Å². The largest absolute Gasteiger partial charge is 0.444 e. The molecule has 2 N–H and O–H groups in total. The van der Waals surface area contributed by atoms with Gasteiger partial charge in [-0.1, -0.05) is 6.92 Å². The summed E-state index contributed by atoms with van der Waals surface area (Å²) in [6, 6.07) is 6.62. The van der Waals surface area contributed by atoms with E-state index in [0.717, 1.165) is 5.69 Å². The van der Waals surface area contributed by atoms with Crippen LogP contribution in [0.5, 0.6) is 0 Å². The van der Waals surface area contributed by atoms with Crippen LogP contribution in [0.3, 0.4) is 0 Å². The number of rotatable bonds is 7. The number of sulfone groups is 1. The number of carbonyl (C=O) groups excluding carboxylic acids is 1. The number of anilines is 1. The zero-order valence-electron chi connectivity index (χ0n) is 14.2. The number of hydrogen-bond donors (Lipinski definition) is 2. The molecule has 0 saturated heterocycles. The predicted molar refractivity (Wildman–Crippen MR) is 91.5 cm³/mol. The second kappa shape index (κ2) is 8.19. The van der Waals surface area contributed by atoms with Crippen LogP contribution in [0.1, 0.15) is 34.1 Å². The Labute approximate surface area is 138 Å². The van der Waals surface area contributed by atoms with Crippen LogP contribution in [-0.4, -0.2) is 39.0 Å². The maximum absolute atomic E-state index is 11.9. The van der Waals surface area contributed by atoms with Crippen molar-refractivity contribution in [3.05, 3.63) is 24.3 Å². The predicted octanol–water partition coefficient (Wildman–Crippen LogP) is 2.81. The molecule has 1 aromatic rings. The highest BCUT2D eigenvalue weighted by Crippen LogP contribution is 2.15. The zero-order valence-corrected chi connectivity index (χ0v) is 15.0. The molecule has 0 unspecified atom stereocenters. The Morgan fingerprint density at radius 2 is 1.74 bits per heavy atom. The number of carbonyl (C=O) groups is 1. The van der Waals surface area contributed by atoms with Crippen molar-refractivity contribution in [1.82, 2.24) is 5.32 Å². The lowest BCUT2D eigenvalue weighted by molar-refractivity contribution is 0.0530. The Morgan fingerprint density at radius 3 is 2.26 bits per heavy atom. The molecule has 0 radical (unpaired) electrons. The Bertz CT molecular complexity index is 604. The third kappa shape index (κ3) is 7.36. The minimum absolute atomic E-state index is 0.152. The number of ether oxygens (including phenoxy) is 1. The Balaban J connectivity index is 2.41. The summed E-state index contributed by atoms with van der Waals surface area (Å²) in [6.45, 7) is 8.17. The Hall–Kier alpha value is -1.76. The van der Waals surface area contributed by atoms with E-state index in [1.165, 1.54) is 0 Å². The van der Waals surface area contributed by atoms with E-state index in [2.05, 4.69) is 10.6 Å². The molecule has 0 aromatic heterocycles. The normalized spacial score (nSPS) is 11.8. The summed E-state index contributed by atoms with van der Waals surface area (Å²) in [4.78, 5) is 11.8. The summed E-state index contributed by atoms with van der Waals surface area (Å²) in [5, 5.41) is 5.75. The minimum Gasteiger partial charge on any atom is -0.444 e. The van der Waals surface area contributed by atoms with Crippen molar-refractivity contribution in [3.63, 3.8) is 0 Å². The Kier molecular flexibility index (Phi) is 6.87. The molecule has 1 amide bonds. The van der Waals surface area contributed by atoms with Gasteiger partial charge in [0.2, 0.25) is 0 Å². The van der Waals surface area contributed by atoms with Crippen molar-refractivity contribution in [1.29, 1.82) is 0 Å². The topological polar surface area (TPSA) is 84.5 Å². The van der Waals surface area contributed by atoms with E-state index < -0.39 is 21.5 Å². The standard InChI is InChI=1S/C16H26N2O4S/c1-5-12-23(20,21)14-8-6-13(7-9-14)17-10-11-18-15(19)22-16(2,3)4/h6-9,17H,5,10-12H2,1-4H3,(H,18,19). The van der Waals surface area contributed by atoms with Gasteiger partial charge in [0.1, 0.15) is 5.60 Å². The molecule has 0 aliphatic rings. The first-order valence-corrected chi connectivity index (χ1v) is 9.33. The lowest BCUT2D eigenvalue weighted by Gasteiger charge is -2.19. The lowest BCUT2D eigenvalue weighted by atomic mass is 10.2. The van der Waals surface area contributed by atoms with Gasteiger partial charge in [-0.2, -0.15) is 0 Å². The fraction of sp³-hybridized carbons (Fsp3) is 0.562. The van der Waals surface area contributed by atoms with Crippen LogP contribution < -0.4 is 10.6 Å². The van der Waals surface area contributed by atoms with Gasteiger partial charge in [-0.15, -0.1) is 0 Å². The fourth-order valence-corrected chi connectivity index (χ4v) is 3.18. The molecule has 130 valence electrons. The molecule has 7 heteroatoms. The van der Waals surface area contributed by atoms with Crippen LogP contribution in [0, 0.1) is 0 Å². The van der Waals surface area contributed by atoms with E-state index in [9.17, 15) is 13.2 Å². The molecule has 0 heterocycles. The van der Waals surface area contributed by atoms with Gasteiger partial charge in [-0.25, -0.2) is 13.2 Å². The summed E-state index contributed by atoms with van der Waals surface area (Å²) in [6.07, 6.45) is 0.138. The minimum atomic E-state index is -3.18. The van der Waals surface area contributed by atoms with Gasteiger partial charge in [0.15, 0.2) is 9.84 Å². The highest BCUT2D eigenvalue weighted by atomic mass is 32.2.